The first-order valence-electron chi connectivity index (χ1n) is 5.39. The predicted molar refractivity (Wildman–Crippen MR) is 68.0 cm³/mol. The minimum atomic E-state index is 0.416. The third-order valence-electron chi connectivity index (χ3n) is 2.71. The smallest absolute Gasteiger partial charge is 0.145 e. The highest BCUT2D eigenvalue weighted by molar-refractivity contribution is 5.89. The van der Waals surface area contributed by atoms with Crippen LogP contribution in [0, 0.1) is 11.3 Å². The number of nitrogens with zero attached hydrogens (tertiary/aromatic N) is 4. The van der Waals surface area contributed by atoms with Gasteiger partial charge in [0.1, 0.15) is 11.9 Å². The number of para-hydroxylation sites is 1. The molecule has 0 aliphatic carbocycles. The zero-order valence-electron chi connectivity index (χ0n) is 9.41. The Morgan fingerprint density at radius 1 is 1.22 bits per heavy atom. The highest BCUT2D eigenvalue weighted by Crippen LogP contribution is 2.23. The van der Waals surface area contributed by atoms with E-state index in [0.717, 1.165) is 10.9 Å². The number of pyridine rings is 1. The van der Waals surface area contributed by atoms with Gasteiger partial charge in [-0.2, -0.15) is 10.4 Å². The topological polar surface area (TPSA) is 80.5 Å². The van der Waals surface area contributed by atoms with E-state index >= 15 is 0 Å². The van der Waals surface area contributed by atoms with Gasteiger partial charge in [-0.1, -0.05) is 18.2 Å². The van der Waals surface area contributed by atoms with Gasteiger partial charge >= 0.3 is 0 Å². The third-order valence-corrected chi connectivity index (χ3v) is 2.71. The second-order valence-corrected chi connectivity index (χ2v) is 3.83. The van der Waals surface area contributed by atoms with Crippen molar-refractivity contribution in [1.82, 2.24) is 14.8 Å². The van der Waals surface area contributed by atoms with Gasteiger partial charge in [0.05, 0.1) is 16.8 Å². The lowest BCUT2D eigenvalue weighted by Gasteiger charge is -2.07. The second kappa shape index (κ2) is 3.86. The molecule has 0 spiro atoms. The number of nitriles is 1. The molecule has 0 bridgehead atoms. The van der Waals surface area contributed by atoms with E-state index in [1.807, 2.05) is 24.3 Å². The monoisotopic (exact) mass is 235 g/mol. The number of nitrogen functional groups attached to an aromatic ring is 1. The predicted octanol–water partition coefficient (Wildman–Crippen LogP) is 1.87. The van der Waals surface area contributed by atoms with Crippen LogP contribution >= 0.6 is 0 Å². The fraction of sp³-hybridized carbons (Fsp3) is 0. The molecule has 2 heterocycles. The molecule has 0 atom stereocenters. The van der Waals surface area contributed by atoms with Crippen molar-refractivity contribution < 1.29 is 0 Å². The van der Waals surface area contributed by atoms with E-state index in [1.54, 1.807) is 23.1 Å². The summed E-state index contributed by atoms with van der Waals surface area (Å²) in [7, 11) is 0. The van der Waals surface area contributed by atoms with Gasteiger partial charge < -0.3 is 5.73 Å². The number of anilines is 1. The van der Waals surface area contributed by atoms with Crippen LogP contribution in [0.15, 0.2) is 42.7 Å². The summed E-state index contributed by atoms with van der Waals surface area (Å²) in [6.07, 6.45) is 3.29. The molecule has 0 radical (unpaired) electrons. The van der Waals surface area contributed by atoms with Crippen molar-refractivity contribution in [2.45, 2.75) is 0 Å². The highest BCUT2D eigenvalue weighted by Gasteiger charge is 2.11. The molecule has 0 amide bonds. The molecule has 0 saturated carbocycles. The highest BCUT2D eigenvalue weighted by atomic mass is 15.3. The van der Waals surface area contributed by atoms with Crippen LogP contribution in [0.1, 0.15) is 5.56 Å². The Kier molecular flexibility index (Phi) is 2.21. The molecule has 2 N–H and O–H groups in total. The summed E-state index contributed by atoms with van der Waals surface area (Å²) < 4.78 is 1.61. The molecule has 18 heavy (non-hydrogen) atoms. The van der Waals surface area contributed by atoms with Crippen LogP contribution in [0.25, 0.3) is 16.6 Å². The molecule has 3 rings (SSSR count). The molecule has 0 aliphatic heterocycles. The zero-order valence-corrected chi connectivity index (χ0v) is 9.41. The van der Waals surface area contributed by atoms with Crippen molar-refractivity contribution in [3.63, 3.8) is 0 Å². The van der Waals surface area contributed by atoms with Crippen LogP contribution in [0.2, 0.25) is 0 Å². The molecule has 0 unspecified atom stereocenters. The fourth-order valence-electron chi connectivity index (χ4n) is 1.92. The Labute approximate surface area is 103 Å². The minimum Gasteiger partial charge on any atom is -0.382 e. The first-order valence-corrected chi connectivity index (χ1v) is 5.39. The summed E-state index contributed by atoms with van der Waals surface area (Å²) in [4.78, 5) is 4.25. The summed E-state index contributed by atoms with van der Waals surface area (Å²) in [6.45, 7) is 0. The molecule has 0 aliphatic rings. The molecule has 86 valence electrons. The van der Waals surface area contributed by atoms with E-state index in [-0.39, 0.29) is 0 Å². The average molecular weight is 235 g/mol. The van der Waals surface area contributed by atoms with E-state index in [9.17, 15) is 5.26 Å². The molecule has 1 aromatic carbocycles. The standard InChI is InChI=1S/C13H9N5/c14-7-9-8-16-11-4-2-1-3-10(11)13(9)18-6-5-12(15)17-18/h1-6,8H,(H2,15,17). The van der Waals surface area contributed by atoms with Gasteiger partial charge in [-0.3, -0.25) is 4.98 Å². The Bertz CT molecular complexity index is 766. The molecule has 2 aromatic heterocycles. The minimum absolute atomic E-state index is 0.416. The number of benzene rings is 1. The molecular weight excluding hydrogens is 226 g/mol. The largest absolute Gasteiger partial charge is 0.382 e. The summed E-state index contributed by atoms with van der Waals surface area (Å²) >= 11 is 0. The van der Waals surface area contributed by atoms with Crippen LogP contribution in [0.4, 0.5) is 5.82 Å². The first kappa shape index (κ1) is 10.3. The van der Waals surface area contributed by atoms with Crippen molar-refractivity contribution >= 4 is 16.7 Å². The second-order valence-electron chi connectivity index (χ2n) is 3.83. The Balaban J connectivity index is 2.41. The summed E-state index contributed by atoms with van der Waals surface area (Å²) in [5.41, 5.74) is 7.62. The van der Waals surface area contributed by atoms with E-state index in [1.165, 1.54) is 0 Å². The van der Waals surface area contributed by atoms with E-state index in [2.05, 4.69) is 16.2 Å². The summed E-state index contributed by atoms with van der Waals surface area (Å²) in [5.74, 6) is 0.416. The Hall–Kier alpha value is -2.87. The van der Waals surface area contributed by atoms with Gasteiger partial charge in [0.15, 0.2) is 0 Å². The van der Waals surface area contributed by atoms with Gasteiger partial charge in [-0.15, -0.1) is 0 Å². The summed E-state index contributed by atoms with van der Waals surface area (Å²) in [5, 5.41) is 14.2. The number of hydrogen-bond donors (Lipinski definition) is 1. The normalized spacial score (nSPS) is 10.4. The summed E-state index contributed by atoms with van der Waals surface area (Å²) in [6, 6.07) is 11.4. The number of nitrogens with two attached hydrogens (primary N) is 1. The van der Waals surface area contributed by atoms with Crippen molar-refractivity contribution in [2.75, 3.05) is 5.73 Å². The molecule has 3 aromatic rings. The fourth-order valence-corrected chi connectivity index (χ4v) is 1.92. The Morgan fingerprint density at radius 2 is 2.06 bits per heavy atom. The van der Waals surface area contributed by atoms with E-state index in [4.69, 9.17) is 5.73 Å². The van der Waals surface area contributed by atoms with Crippen LogP contribution in [0.3, 0.4) is 0 Å². The van der Waals surface area contributed by atoms with Gasteiger partial charge in [0.2, 0.25) is 0 Å². The quantitative estimate of drug-likeness (QED) is 0.698. The van der Waals surface area contributed by atoms with Crippen molar-refractivity contribution in [1.29, 1.82) is 5.26 Å². The Morgan fingerprint density at radius 3 is 2.78 bits per heavy atom. The number of rotatable bonds is 1. The SMILES string of the molecule is N#Cc1cnc2ccccc2c1-n1ccc(N)n1. The van der Waals surface area contributed by atoms with Gasteiger partial charge in [-0.05, 0) is 6.07 Å². The van der Waals surface area contributed by atoms with Crippen molar-refractivity contribution in [2.24, 2.45) is 0 Å². The van der Waals surface area contributed by atoms with E-state index < -0.39 is 0 Å². The number of hydrogen-bond acceptors (Lipinski definition) is 4. The van der Waals surface area contributed by atoms with Crippen molar-refractivity contribution in [3.05, 3.63) is 48.3 Å². The van der Waals surface area contributed by atoms with Crippen LogP contribution < -0.4 is 5.73 Å². The molecular formula is C13H9N5. The van der Waals surface area contributed by atoms with Crippen LogP contribution in [0.5, 0.6) is 0 Å². The van der Waals surface area contributed by atoms with Crippen LogP contribution in [-0.2, 0) is 0 Å². The molecule has 0 saturated heterocycles. The van der Waals surface area contributed by atoms with Gasteiger partial charge in [-0.25, -0.2) is 4.68 Å². The molecule has 0 fully saturated rings. The lowest BCUT2D eigenvalue weighted by atomic mass is 10.1. The lowest BCUT2D eigenvalue weighted by Crippen LogP contribution is -2.01. The van der Waals surface area contributed by atoms with Gasteiger partial charge in [0, 0.05) is 23.8 Å². The molecule has 5 heteroatoms. The maximum absolute atomic E-state index is 9.18. The molecule has 5 nitrogen and oxygen atoms in total. The average Bonchev–Trinajstić information content (AvgIpc) is 2.83. The number of aromatic nitrogens is 3. The third kappa shape index (κ3) is 1.48. The first-order chi connectivity index (χ1) is 8.79. The van der Waals surface area contributed by atoms with Gasteiger partial charge in [0.25, 0.3) is 0 Å². The maximum atomic E-state index is 9.18. The van der Waals surface area contributed by atoms with E-state index in [0.29, 0.717) is 17.1 Å². The maximum Gasteiger partial charge on any atom is 0.145 e. The zero-order chi connectivity index (χ0) is 12.5. The van der Waals surface area contributed by atoms with Crippen LogP contribution in [-0.4, -0.2) is 14.8 Å². The van der Waals surface area contributed by atoms with Crippen molar-refractivity contribution in [3.8, 4) is 11.8 Å². The lowest BCUT2D eigenvalue weighted by molar-refractivity contribution is 0.888. The number of fused-ring (bicyclic) bond motifs is 1.